The standard InChI is InChI=1S/C15H14BrF2N/c1-9-2-5-14(18)12(6-9)15(19)8-10-7-11(17)3-4-13(10)16/h2-7,15H,8,19H2,1H3. The fourth-order valence-electron chi connectivity index (χ4n) is 1.99. The number of hydrogen-bond donors (Lipinski definition) is 1. The average molecular weight is 326 g/mol. The molecule has 2 aromatic rings. The Morgan fingerprint density at radius 2 is 1.89 bits per heavy atom. The number of halogens is 3. The molecule has 0 aliphatic carbocycles. The van der Waals surface area contributed by atoms with Crippen molar-refractivity contribution in [2.45, 2.75) is 19.4 Å². The fourth-order valence-corrected chi connectivity index (χ4v) is 2.40. The topological polar surface area (TPSA) is 26.0 Å². The fraction of sp³-hybridized carbons (Fsp3) is 0.200. The lowest BCUT2D eigenvalue weighted by Gasteiger charge is -2.15. The van der Waals surface area contributed by atoms with E-state index in [1.54, 1.807) is 18.2 Å². The summed E-state index contributed by atoms with van der Waals surface area (Å²) < 4.78 is 27.7. The number of nitrogens with two attached hydrogens (primary N) is 1. The minimum atomic E-state index is -0.502. The zero-order valence-electron chi connectivity index (χ0n) is 10.5. The van der Waals surface area contributed by atoms with Crippen LogP contribution in [0.1, 0.15) is 22.7 Å². The summed E-state index contributed by atoms with van der Waals surface area (Å²) in [6.45, 7) is 1.88. The molecule has 2 rings (SSSR count). The van der Waals surface area contributed by atoms with Crippen molar-refractivity contribution in [1.82, 2.24) is 0 Å². The van der Waals surface area contributed by atoms with Crippen molar-refractivity contribution in [3.8, 4) is 0 Å². The van der Waals surface area contributed by atoms with E-state index < -0.39 is 6.04 Å². The van der Waals surface area contributed by atoms with Crippen molar-refractivity contribution < 1.29 is 8.78 Å². The van der Waals surface area contributed by atoms with Crippen LogP contribution >= 0.6 is 15.9 Å². The first-order chi connectivity index (χ1) is 8.97. The molecule has 19 heavy (non-hydrogen) atoms. The van der Waals surface area contributed by atoms with E-state index in [1.807, 2.05) is 6.92 Å². The Balaban J connectivity index is 2.27. The molecule has 0 bridgehead atoms. The largest absolute Gasteiger partial charge is 0.324 e. The summed E-state index contributed by atoms with van der Waals surface area (Å²) in [5.41, 5.74) is 8.17. The number of benzene rings is 2. The van der Waals surface area contributed by atoms with Crippen LogP contribution in [0.15, 0.2) is 40.9 Å². The second-order valence-electron chi connectivity index (χ2n) is 4.57. The second-order valence-corrected chi connectivity index (χ2v) is 5.43. The molecule has 0 saturated heterocycles. The minimum Gasteiger partial charge on any atom is -0.324 e. The van der Waals surface area contributed by atoms with Crippen LogP contribution < -0.4 is 5.73 Å². The van der Waals surface area contributed by atoms with Gasteiger partial charge in [-0.1, -0.05) is 33.6 Å². The molecule has 1 nitrogen and oxygen atoms in total. The van der Waals surface area contributed by atoms with Crippen molar-refractivity contribution in [1.29, 1.82) is 0 Å². The molecular weight excluding hydrogens is 312 g/mol. The van der Waals surface area contributed by atoms with Crippen molar-refractivity contribution in [2.24, 2.45) is 5.73 Å². The monoisotopic (exact) mass is 325 g/mol. The smallest absolute Gasteiger partial charge is 0.128 e. The summed E-state index contributed by atoms with van der Waals surface area (Å²) in [5, 5.41) is 0. The number of aryl methyl sites for hydroxylation is 1. The third kappa shape index (κ3) is 3.39. The molecule has 0 aliphatic rings. The highest BCUT2D eigenvalue weighted by molar-refractivity contribution is 9.10. The quantitative estimate of drug-likeness (QED) is 0.895. The van der Waals surface area contributed by atoms with Crippen LogP contribution in [-0.2, 0) is 6.42 Å². The molecule has 0 aromatic heterocycles. The van der Waals surface area contributed by atoms with E-state index in [2.05, 4.69) is 15.9 Å². The molecule has 1 atom stereocenters. The predicted molar refractivity (Wildman–Crippen MR) is 75.9 cm³/mol. The molecule has 0 spiro atoms. The van der Waals surface area contributed by atoms with Crippen LogP contribution in [0.4, 0.5) is 8.78 Å². The maximum Gasteiger partial charge on any atom is 0.128 e. The van der Waals surface area contributed by atoms with E-state index in [0.717, 1.165) is 15.6 Å². The van der Waals surface area contributed by atoms with E-state index >= 15 is 0 Å². The highest BCUT2D eigenvalue weighted by atomic mass is 79.9. The van der Waals surface area contributed by atoms with Gasteiger partial charge in [-0.3, -0.25) is 0 Å². The third-order valence-corrected chi connectivity index (χ3v) is 3.77. The molecule has 0 radical (unpaired) electrons. The summed E-state index contributed by atoms with van der Waals surface area (Å²) in [5.74, 6) is -0.652. The molecule has 0 saturated carbocycles. The first kappa shape index (κ1) is 14.2. The Hall–Kier alpha value is -1.26. The maximum atomic E-state index is 13.7. The highest BCUT2D eigenvalue weighted by Crippen LogP contribution is 2.25. The Kier molecular flexibility index (Phi) is 4.32. The van der Waals surface area contributed by atoms with Crippen molar-refractivity contribution in [3.05, 3.63) is 69.2 Å². The molecule has 0 fully saturated rings. The molecule has 0 heterocycles. The average Bonchev–Trinajstić information content (AvgIpc) is 2.36. The molecule has 4 heteroatoms. The van der Waals surface area contributed by atoms with E-state index in [4.69, 9.17) is 5.73 Å². The number of hydrogen-bond acceptors (Lipinski definition) is 1. The Bertz CT molecular complexity index is 599. The van der Waals surface area contributed by atoms with Gasteiger partial charge >= 0.3 is 0 Å². The first-order valence-electron chi connectivity index (χ1n) is 5.93. The van der Waals surface area contributed by atoms with Crippen LogP contribution in [0.25, 0.3) is 0 Å². The van der Waals surface area contributed by atoms with Crippen LogP contribution in [0.2, 0.25) is 0 Å². The van der Waals surface area contributed by atoms with Gasteiger partial charge in [0.1, 0.15) is 11.6 Å². The lowest BCUT2D eigenvalue weighted by molar-refractivity contribution is 0.577. The van der Waals surface area contributed by atoms with Crippen LogP contribution in [0.3, 0.4) is 0 Å². The second kappa shape index (κ2) is 5.80. The molecule has 2 N–H and O–H groups in total. The van der Waals surface area contributed by atoms with Gasteiger partial charge in [0.05, 0.1) is 0 Å². The van der Waals surface area contributed by atoms with Crippen LogP contribution in [-0.4, -0.2) is 0 Å². The lowest BCUT2D eigenvalue weighted by atomic mass is 9.98. The van der Waals surface area contributed by atoms with E-state index in [1.165, 1.54) is 18.2 Å². The molecule has 0 aliphatic heterocycles. The van der Waals surface area contributed by atoms with Gasteiger partial charge in [-0.25, -0.2) is 8.78 Å². The van der Waals surface area contributed by atoms with Crippen molar-refractivity contribution in [3.63, 3.8) is 0 Å². The van der Waals surface area contributed by atoms with E-state index in [-0.39, 0.29) is 11.6 Å². The van der Waals surface area contributed by atoms with Gasteiger partial charge in [-0.05, 0) is 43.2 Å². The predicted octanol–water partition coefficient (Wildman–Crippen LogP) is 4.28. The lowest BCUT2D eigenvalue weighted by Crippen LogP contribution is -2.15. The summed E-state index contributed by atoms with van der Waals surface area (Å²) >= 11 is 3.35. The highest BCUT2D eigenvalue weighted by Gasteiger charge is 2.14. The zero-order chi connectivity index (χ0) is 14.0. The molecule has 2 aromatic carbocycles. The normalized spacial score (nSPS) is 12.5. The summed E-state index contributed by atoms with van der Waals surface area (Å²) in [6.07, 6.45) is 0.374. The Morgan fingerprint density at radius 1 is 1.16 bits per heavy atom. The van der Waals surface area contributed by atoms with Gasteiger partial charge in [-0.15, -0.1) is 0 Å². The van der Waals surface area contributed by atoms with Crippen molar-refractivity contribution >= 4 is 15.9 Å². The van der Waals surface area contributed by atoms with Gasteiger partial charge in [-0.2, -0.15) is 0 Å². The first-order valence-corrected chi connectivity index (χ1v) is 6.72. The molecular formula is C15H14BrF2N. The van der Waals surface area contributed by atoms with E-state index in [9.17, 15) is 8.78 Å². The van der Waals surface area contributed by atoms with Crippen LogP contribution in [0, 0.1) is 18.6 Å². The maximum absolute atomic E-state index is 13.7. The van der Waals surface area contributed by atoms with Gasteiger partial charge in [0.25, 0.3) is 0 Å². The SMILES string of the molecule is Cc1ccc(F)c(C(N)Cc2cc(F)ccc2Br)c1. The minimum absolute atomic E-state index is 0.324. The Labute approximate surface area is 119 Å². The van der Waals surface area contributed by atoms with Gasteiger partial charge in [0.2, 0.25) is 0 Å². The van der Waals surface area contributed by atoms with Gasteiger partial charge in [0.15, 0.2) is 0 Å². The third-order valence-electron chi connectivity index (χ3n) is 3.00. The molecule has 1 unspecified atom stereocenters. The van der Waals surface area contributed by atoms with Gasteiger partial charge in [0, 0.05) is 16.1 Å². The molecule has 100 valence electrons. The summed E-state index contributed by atoms with van der Waals surface area (Å²) in [6, 6.07) is 8.74. The summed E-state index contributed by atoms with van der Waals surface area (Å²) in [4.78, 5) is 0. The van der Waals surface area contributed by atoms with E-state index in [0.29, 0.717) is 12.0 Å². The van der Waals surface area contributed by atoms with Crippen LogP contribution in [0.5, 0.6) is 0 Å². The van der Waals surface area contributed by atoms with Crippen molar-refractivity contribution in [2.75, 3.05) is 0 Å². The number of rotatable bonds is 3. The van der Waals surface area contributed by atoms with Gasteiger partial charge < -0.3 is 5.73 Å². The molecule has 0 amide bonds. The zero-order valence-corrected chi connectivity index (χ0v) is 12.0. The summed E-state index contributed by atoms with van der Waals surface area (Å²) in [7, 11) is 0. The Morgan fingerprint density at radius 3 is 2.63 bits per heavy atom.